The first-order chi connectivity index (χ1) is 5.99. The van der Waals surface area contributed by atoms with E-state index in [1.807, 2.05) is 6.92 Å². The smallest absolute Gasteiger partial charge is 0.241 e. The second kappa shape index (κ2) is 5.88. The fourth-order valence-electron chi connectivity index (χ4n) is 1.01. The number of terminal acetylenes is 1. The van der Waals surface area contributed by atoms with Gasteiger partial charge < -0.3 is 4.43 Å². The van der Waals surface area contributed by atoms with Crippen LogP contribution in [0.2, 0.25) is 19.6 Å². The molecule has 1 nitrogen and oxygen atoms in total. The van der Waals surface area contributed by atoms with Gasteiger partial charge in [0.25, 0.3) is 0 Å². The van der Waals surface area contributed by atoms with Crippen molar-refractivity contribution in [3.05, 3.63) is 11.8 Å². The van der Waals surface area contributed by atoms with Crippen LogP contribution in [0, 0.1) is 12.3 Å². The first kappa shape index (κ1) is 12.3. The fourth-order valence-corrected chi connectivity index (χ4v) is 2.02. The third-order valence-corrected chi connectivity index (χ3v) is 2.38. The zero-order chi connectivity index (χ0) is 10.3. The Hall–Kier alpha value is -0.683. The molecule has 0 spiro atoms. The monoisotopic (exact) mass is 196 g/mol. The molecule has 74 valence electrons. The summed E-state index contributed by atoms with van der Waals surface area (Å²) in [6.07, 6.45) is 10.1. The molecule has 0 unspecified atom stereocenters. The quantitative estimate of drug-likeness (QED) is 0.283. The van der Waals surface area contributed by atoms with Gasteiger partial charge in [-0.1, -0.05) is 6.08 Å². The van der Waals surface area contributed by atoms with E-state index in [0.717, 1.165) is 25.0 Å². The van der Waals surface area contributed by atoms with Crippen LogP contribution in [0.15, 0.2) is 11.8 Å². The highest BCUT2D eigenvalue weighted by Gasteiger charge is 2.16. The van der Waals surface area contributed by atoms with E-state index in [9.17, 15) is 0 Å². The molecule has 0 aliphatic rings. The van der Waals surface area contributed by atoms with E-state index in [1.165, 1.54) is 0 Å². The Morgan fingerprint density at radius 1 is 1.46 bits per heavy atom. The molecule has 0 aromatic rings. The van der Waals surface area contributed by atoms with Crippen molar-refractivity contribution >= 4 is 8.32 Å². The molecule has 13 heavy (non-hydrogen) atoms. The zero-order valence-corrected chi connectivity index (χ0v) is 10.2. The third-order valence-electron chi connectivity index (χ3n) is 1.50. The standard InChI is InChI=1S/C11H20OSi/c1-6-8-9-10-11(7-2)12-13(3,4)5/h1,7H,8-10H2,2-5H3/b11-7-. The van der Waals surface area contributed by atoms with Gasteiger partial charge in [-0.3, -0.25) is 0 Å². The molecule has 0 N–H and O–H groups in total. The Balaban J connectivity index is 3.87. The molecule has 0 amide bonds. The lowest BCUT2D eigenvalue weighted by molar-refractivity contribution is 0.395. The van der Waals surface area contributed by atoms with Crippen molar-refractivity contribution in [2.75, 3.05) is 0 Å². The van der Waals surface area contributed by atoms with Crippen LogP contribution in [0.3, 0.4) is 0 Å². The normalized spacial score (nSPS) is 12.4. The van der Waals surface area contributed by atoms with Crippen molar-refractivity contribution in [1.29, 1.82) is 0 Å². The van der Waals surface area contributed by atoms with Gasteiger partial charge in [-0.15, -0.1) is 12.3 Å². The van der Waals surface area contributed by atoms with E-state index in [2.05, 4.69) is 31.6 Å². The lowest BCUT2D eigenvalue weighted by Gasteiger charge is -2.21. The van der Waals surface area contributed by atoms with Gasteiger partial charge in [0.15, 0.2) is 0 Å². The molecule has 0 saturated heterocycles. The third kappa shape index (κ3) is 7.67. The summed E-state index contributed by atoms with van der Waals surface area (Å²) in [6, 6.07) is 0. The summed E-state index contributed by atoms with van der Waals surface area (Å²) in [5, 5.41) is 0. The van der Waals surface area contributed by atoms with Crippen molar-refractivity contribution in [3.63, 3.8) is 0 Å². The van der Waals surface area contributed by atoms with E-state index in [1.54, 1.807) is 0 Å². The molecule has 2 heteroatoms. The van der Waals surface area contributed by atoms with Gasteiger partial charge in [-0.05, 0) is 33.0 Å². The number of hydrogen-bond acceptors (Lipinski definition) is 1. The summed E-state index contributed by atoms with van der Waals surface area (Å²) in [5.74, 6) is 3.74. The summed E-state index contributed by atoms with van der Waals surface area (Å²) in [5.41, 5.74) is 0. The van der Waals surface area contributed by atoms with Crippen molar-refractivity contribution in [3.8, 4) is 12.3 Å². The van der Waals surface area contributed by atoms with Crippen LogP contribution < -0.4 is 0 Å². The van der Waals surface area contributed by atoms with Crippen LogP contribution in [0.4, 0.5) is 0 Å². The molecule has 0 heterocycles. The predicted molar refractivity (Wildman–Crippen MR) is 60.9 cm³/mol. The lowest BCUT2D eigenvalue weighted by atomic mass is 10.2. The zero-order valence-electron chi connectivity index (χ0n) is 9.18. The molecule has 0 bridgehead atoms. The van der Waals surface area contributed by atoms with E-state index < -0.39 is 8.32 Å². The summed E-state index contributed by atoms with van der Waals surface area (Å²) in [4.78, 5) is 0. The highest BCUT2D eigenvalue weighted by molar-refractivity contribution is 6.70. The first-order valence-electron chi connectivity index (χ1n) is 4.77. The van der Waals surface area contributed by atoms with Crippen LogP contribution in [0.5, 0.6) is 0 Å². The summed E-state index contributed by atoms with van der Waals surface area (Å²) >= 11 is 0. The van der Waals surface area contributed by atoms with Crippen molar-refractivity contribution in [2.24, 2.45) is 0 Å². The summed E-state index contributed by atoms with van der Waals surface area (Å²) in [7, 11) is -1.42. The second-order valence-electron chi connectivity index (χ2n) is 4.03. The maximum Gasteiger partial charge on any atom is 0.241 e. The molecular formula is C11H20OSi. The van der Waals surface area contributed by atoms with Gasteiger partial charge >= 0.3 is 0 Å². The van der Waals surface area contributed by atoms with E-state index in [0.29, 0.717) is 0 Å². The molecule has 0 fully saturated rings. The fraction of sp³-hybridized carbons (Fsp3) is 0.636. The van der Waals surface area contributed by atoms with Gasteiger partial charge in [-0.2, -0.15) is 0 Å². The maximum absolute atomic E-state index is 5.86. The number of allylic oxidation sites excluding steroid dienone is 2. The Labute approximate surface area is 83.3 Å². The molecular weight excluding hydrogens is 176 g/mol. The topological polar surface area (TPSA) is 9.23 Å². The average Bonchev–Trinajstić information content (AvgIpc) is 2.01. The summed E-state index contributed by atoms with van der Waals surface area (Å²) < 4.78 is 5.86. The largest absolute Gasteiger partial charge is 0.548 e. The van der Waals surface area contributed by atoms with Gasteiger partial charge in [0.2, 0.25) is 8.32 Å². The molecule has 0 radical (unpaired) electrons. The molecule has 0 aromatic carbocycles. The first-order valence-corrected chi connectivity index (χ1v) is 8.18. The minimum Gasteiger partial charge on any atom is -0.548 e. The second-order valence-corrected chi connectivity index (χ2v) is 8.46. The van der Waals surface area contributed by atoms with Crippen LogP contribution in [-0.4, -0.2) is 8.32 Å². The van der Waals surface area contributed by atoms with Gasteiger partial charge in [-0.25, -0.2) is 0 Å². The van der Waals surface area contributed by atoms with Gasteiger partial charge in [0, 0.05) is 12.8 Å². The Morgan fingerprint density at radius 2 is 2.08 bits per heavy atom. The number of hydrogen-bond donors (Lipinski definition) is 0. The van der Waals surface area contributed by atoms with Gasteiger partial charge in [0.1, 0.15) is 0 Å². The van der Waals surface area contributed by atoms with Crippen molar-refractivity contribution < 1.29 is 4.43 Å². The highest BCUT2D eigenvalue weighted by Crippen LogP contribution is 2.15. The van der Waals surface area contributed by atoms with Crippen molar-refractivity contribution in [1.82, 2.24) is 0 Å². The minimum absolute atomic E-state index is 0.840. The van der Waals surface area contributed by atoms with E-state index in [-0.39, 0.29) is 0 Å². The molecule has 0 aromatic heterocycles. The number of rotatable bonds is 5. The highest BCUT2D eigenvalue weighted by atomic mass is 28.4. The Kier molecular flexibility index (Phi) is 5.57. The number of unbranched alkanes of at least 4 members (excludes halogenated alkanes) is 1. The van der Waals surface area contributed by atoms with E-state index in [4.69, 9.17) is 10.8 Å². The van der Waals surface area contributed by atoms with Crippen LogP contribution in [0.1, 0.15) is 26.2 Å². The molecule has 0 aliphatic heterocycles. The molecule has 0 saturated carbocycles. The van der Waals surface area contributed by atoms with Crippen LogP contribution >= 0.6 is 0 Å². The summed E-state index contributed by atoms with van der Waals surface area (Å²) in [6.45, 7) is 8.60. The SMILES string of the molecule is C#CCCC/C(=C/C)O[Si](C)(C)C. The maximum atomic E-state index is 5.86. The molecule has 0 rings (SSSR count). The van der Waals surface area contributed by atoms with Crippen molar-refractivity contribution in [2.45, 2.75) is 45.8 Å². The minimum atomic E-state index is -1.42. The predicted octanol–water partition coefficient (Wildman–Crippen LogP) is 3.55. The van der Waals surface area contributed by atoms with Crippen LogP contribution in [-0.2, 0) is 4.43 Å². The van der Waals surface area contributed by atoms with Gasteiger partial charge in [0.05, 0.1) is 5.76 Å². The van der Waals surface area contributed by atoms with Crippen LogP contribution in [0.25, 0.3) is 0 Å². The van der Waals surface area contributed by atoms with E-state index >= 15 is 0 Å². The lowest BCUT2D eigenvalue weighted by Crippen LogP contribution is -2.24. The average molecular weight is 196 g/mol. The molecule has 0 aliphatic carbocycles. The molecule has 0 atom stereocenters. The Bertz CT molecular complexity index is 205. The Morgan fingerprint density at radius 3 is 2.46 bits per heavy atom.